The average molecular weight is 133 g/mol. The number of nitrogens with zero attached hydrogens (tertiary/aromatic N) is 1. The molecule has 1 unspecified atom stereocenters. The summed E-state index contributed by atoms with van der Waals surface area (Å²) in [6.07, 6.45) is -0.463. The van der Waals surface area contributed by atoms with Crippen molar-refractivity contribution in [3.63, 3.8) is 0 Å². The highest BCUT2D eigenvalue weighted by Crippen LogP contribution is 2.01. The second-order valence-electron chi connectivity index (χ2n) is 2.35. The summed E-state index contributed by atoms with van der Waals surface area (Å²) >= 11 is 0. The molecular weight excluding hydrogens is 118 g/mol. The lowest BCUT2D eigenvalue weighted by Crippen LogP contribution is -2.38. The predicted molar refractivity (Wildman–Crippen MR) is 36.0 cm³/mol. The summed E-state index contributed by atoms with van der Waals surface area (Å²) in [5, 5.41) is 17.4. The van der Waals surface area contributed by atoms with Crippen molar-refractivity contribution in [3.8, 4) is 0 Å². The first-order valence-corrected chi connectivity index (χ1v) is 3.12. The third-order valence-corrected chi connectivity index (χ3v) is 1.43. The molecule has 0 radical (unpaired) electrons. The first-order valence-electron chi connectivity index (χ1n) is 3.12. The van der Waals surface area contributed by atoms with Gasteiger partial charge in [0.25, 0.3) is 0 Å². The Morgan fingerprint density at radius 2 is 1.78 bits per heavy atom. The van der Waals surface area contributed by atoms with E-state index in [1.807, 2.05) is 21.0 Å². The fraction of sp³-hybridized carbons (Fsp3) is 1.00. The van der Waals surface area contributed by atoms with Crippen molar-refractivity contribution in [2.24, 2.45) is 0 Å². The molecule has 0 aromatic carbocycles. The summed E-state index contributed by atoms with van der Waals surface area (Å²) in [6, 6.07) is -0.134. The van der Waals surface area contributed by atoms with Crippen molar-refractivity contribution in [1.29, 1.82) is 0 Å². The zero-order valence-corrected chi connectivity index (χ0v) is 6.20. The first-order chi connectivity index (χ1) is 4.09. The SMILES string of the molecule is CCC(C(O)O)N(C)C. The van der Waals surface area contributed by atoms with Gasteiger partial charge < -0.3 is 15.1 Å². The molecule has 0 aromatic rings. The van der Waals surface area contributed by atoms with Gasteiger partial charge in [-0.1, -0.05) is 6.92 Å². The molecule has 0 aliphatic carbocycles. The monoisotopic (exact) mass is 133 g/mol. The maximum atomic E-state index is 8.70. The highest BCUT2D eigenvalue weighted by atomic mass is 16.5. The molecule has 0 saturated heterocycles. The summed E-state index contributed by atoms with van der Waals surface area (Å²) in [5.74, 6) is 0. The van der Waals surface area contributed by atoms with E-state index in [0.717, 1.165) is 6.42 Å². The topological polar surface area (TPSA) is 43.7 Å². The van der Waals surface area contributed by atoms with Gasteiger partial charge in [-0.25, -0.2) is 0 Å². The van der Waals surface area contributed by atoms with Crippen LogP contribution in [0.25, 0.3) is 0 Å². The third kappa shape index (κ3) is 2.79. The molecule has 3 heteroatoms. The van der Waals surface area contributed by atoms with Crippen LogP contribution < -0.4 is 0 Å². The number of hydrogen-bond acceptors (Lipinski definition) is 3. The molecular formula is C6H15NO2. The van der Waals surface area contributed by atoms with Crippen molar-refractivity contribution in [3.05, 3.63) is 0 Å². The maximum Gasteiger partial charge on any atom is 0.167 e. The van der Waals surface area contributed by atoms with Gasteiger partial charge in [-0.05, 0) is 20.5 Å². The number of aliphatic hydroxyl groups is 2. The highest BCUT2D eigenvalue weighted by molar-refractivity contribution is 4.64. The minimum absolute atomic E-state index is 0.134. The van der Waals surface area contributed by atoms with E-state index < -0.39 is 6.29 Å². The van der Waals surface area contributed by atoms with Crippen LogP contribution in [0.2, 0.25) is 0 Å². The lowest BCUT2D eigenvalue weighted by molar-refractivity contribution is -0.0916. The van der Waals surface area contributed by atoms with Crippen molar-refractivity contribution in [1.82, 2.24) is 4.90 Å². The number of aliphatic hydroxyl groups excluding tert-OH is 1. The van der Waals surface area contributed by atoms with E-state index in [9.17, 15) is 0 Å². The predicted octanol–water partition coefficient (Wildman–Crippen LogP) is -0.363. The largest absolute Gasteiger partial charge is 0.367 e. The normalized spacial score (nSPS) is 15.0. The molecule has 1 atom stereocenters. The molecule has 0 bridgehead atoms. The van der Waals surface area contributed by atoms with E-state index in [0.29, 0.717) is 0 Å². The highest BCUT2D eigenvalue weighted by Gasteiger charge is 2.15. The zero-order valence-electron chi connectivity index (χ0n) is 6.20. The fourth-order valence-electron chi connectivity index (χ4n) is 0.843. The lowest BCUT2D eigenvalue weighted by atomic mass is 10.2. The average Bonchev–Trinajstić information content (AvgIpc) is 1.64. The molecule has 0 aliphatic rings. The standard InChI is InChI=1S/C6H15NO2/c1-4-5(6(8)9)7(2)3/h5-6,8-9H,4H2,1-3H3. The van der Waals surface area contributed by atoms with Crippen LogP contribution >= 0.6 is 0 Å². The van der Waals surface area contributed by atoms with Crippen molar-refractivity contribution in [2.75, 3.05) is 14.1 Å². The minimum atomic E-state index is -1.22. The Kier molecular flexibility index (Phi) is 3.77. The van der Waals surface area contributed by atoms with Gasteiger partial charge in [0.05, 0.1) is 6.04 Å². The smallest absolute Gasteiger partial charge is 0.167 e. The quantitative estimate of drug-likeness (QED) is 0.517. The van der Waals surface area contributed by atoms with Gasteiger partial charge in [0.15, 0.2) is 6.29 Å². The Bertz CT molecular complexity index is 65.5. The van der Waals surface area contributed by atoms with Gasteiger partial charge in [-0.2, -0.15) is 0 Å². The van der Waals surface area contributed by atoms with Crippen LogP contribution in [0.15, 0.2) is 0 Å². The molecule has 0 aliphatic heterocycles. The maximum absolute atomic E-state index is 8.70. The van der Waals surface area contributed by atoms with Crippen LogP contribution in [0.3, 0.4) is 0 Å². The first kappa shape index (κ1) is 8.88. The molecule has 0 amide bonds. The second-order valence-corrected chi connectivity index (χ2v) is 2.35. The van der Waals surface area contributed by atoms with E-state index in [4.69, 9.17) is 10.2 Å². The van der Waals surface area contributed by atoms with Gasteiger partial charge in [-0.15, -0.1) is 0 Å². The summed E-state index contributed by atoms with van der Waals surface area (Å²) in [5.41, 5.74) is 0. The van der Waals surface area contributed by atoms with E-state index in [2.05, 4.69) is 0 Å². The Labute approximate surface area is 55.9 Å². The van der Waals surface area contributed by atoms with Gasteiger partial charge >= 0.3 is 0 Å². The van der Waals surface area contributed by atoms with Crippen LogP contribution in [-0.4, -0.2) is 41.5 Å². The lowest BCUT2D eigenvalue weighted by Gasteiger charge is -2.23. The van der Waals surface area contributed by atoms with Crippen molar-refractivity contribution >= 4 is 0 Å². The summed E-state index contributed by atoms with van der Waals surface area (Å²) in [6.45, 7) is 1.92. The minimum Gasteiger partial charge on any atom is -0.367 e. The van der Waals surface area contributed by atoms with Gasteiger partial charge in [-0.3, -0.25) is 0 Å². The Morgan fingerprint density at radius 1 is 1.33 bits per heavy atom. The summed E-state index contributed by atoms with van der Waals surface area (Å²) in [4.78, 5) is 1.80. The molecule has 0 heterocycles. The summed E-state index contributed by atoms with van der Waals surface area (Å²) < 4.78 is 0. The molecule has 2 N–H and O–H groups in total. The number of hydrogen-bond donors (Lipinski definition) is 2. The molecule has 0 rings (SSSR count). The van der Waals surface area contributed by atoms with E-state index in [-0.39, 0.29) is 6.04 Å². The summed E-state index contributed by atoms with van der Waals surface area (Å²) in [7, 11) is 3.65. The van der Waals surface area contributed by atoms with Gasteiger partial charge in [0, 0.05) is 0 Å². The van der Waals surface area contributed by atoms with E-state index in [1.165, 1.54) is 0 Å². The Morgan fingerprint density at radius 3 is 1.78 bits per heavy atom. The molecule has 0 spiro atoms. The molecule has 0 aromatic heterocycles. The molecule has 0 fully saturated rings. The van der Waals surface area contributed by atoms with Gasteiger partial charge in [0.2, 0.25) is 0 Å². The van der Waals surface area contributed by atoms with Crippen LogP contribution in [0.4, 0.5) is 0 Å². The Hall–Kier alpha value is -0.120. The van der Waals surface area contributed by atoms with Gasteiger partial charge in [0.1, 0.15) is 0 Å². The number of likely N-dealkylation sites (N-methyl/N-ethyl adjacent to an activating group) is 1. The van der Waals surface area contributed by atoms with Crippen LogP contribution in [-0.2, 0) is 0 Å². The van der Waals surface area contributed by atoms with E-state index >= 15 is 0 Å². The van der Waals surface area contributed by atoms with Crippen LogP contribution in [0, 0.1) is 0 Å². The van der Waals surface area contributed by atoms with Crippen LogP contribution in [0.1, 0.15) is 13.3 Å². The Balaban J connectivity index is 3.68. The second kappa shape index (κ2) is 3.82. The molecule has 3 nitrogen and oxygen atoms in total. The molecule has 56 valence electrons. The van der Waals surface area contributed by atoms with E-state index in [1.54, 1.807) is 4.90 Å². The van der Waals surface area contributed by atoms with Crippen molar-refractivity contribution in [2.45, 2.75) is 25.7 Å². The van der Waals surface area contributed by atoms with Crippen LogP contribution in [0.5, 0.6) is 0 Å². The third-order valence-electron chi connectivity index (χ3n) is 1.43. The van der Waals surface area contributed by atoms with Crippen molar-refractivity contribution < 1.29 is 10.2 Å². The molecule has 9 heavy (non-hydrogen) atoms. The molecule has 0 saturated carbocycles. The fourth-order valence-corrected chi connectivity index (χ4v) is 0.843. The zero-order chi connectivity index (χ0) is 7.44. The number of rotatable bonds is 3.